The number of rotatable bonds is 7. The second kappa shape index (κ2) is 7.56. The van der Waals surface area contributed by atoms with E-state index in [9.17, 15) is 4.79 Å². The van der Waals surface area contributed by atoms with Crippen LogP contribution in [-0.4, -0.2) is 52.6 Å². The lowest BCUT2D eigenvalue weighted by atomic mass is 9.98. The molecule has 2 aromatic heterocycles. The van der Waals surface area contributed by atoms with Crippen LogP contribution in [0.1, 0.15) is 17.3 Å². The summed E-state index contributed by atoms with van der Waals surface area (Å²) in [5.74, 6) is -0.478. The molecule has 1 amide bonds. The molecular weight excluding hydrogens is 366 g/mol. The third-order valence-corrected chi connectivity index (χ3v) is 5.31. The Hall–Kier alpha value is -3.39. The van der Waals surface area contributed by atoms with Gasteiger partial charge in [0.2, 0.25) is 0 Å². The number of primary amides is 1. The molecule has 0 spiro atoms. The van der Waals surface area contributed by atoms with Crippen LogP contribution in [-0.2, 0) is 6.54 Å². The smallest absolute Gasteiger partial charge is 0.253 e. The maximum Gasteiger partial charge on any atom is 0.253 e. The van der Waals surface area contributed by atoms with Crippen molar-refractivity contribution in [3.05, 3.63) is 42.5 Å². The van der Waals surface area contributed by atoms with E-state index in [0.29, 0.717) is 11.1 Å². The van der Waals surface area contributed by atoms with Crippen molar-refractivity contribution in [1.82, 2.24) is 24.8 Å². The van der Waals surface area contributed by atoms with Crippen molar-refractivity contribution in [3.63, 3.8) is 0 Å². The zero-order valence-corrected chi connectivity index (χ0v) is 16.9. The number of imidazole rings is 2. The van der Waals surface area contributed by atoms with E-state index in [0.717, 1.165) is 53.0 Å². The molecular formula is C21H25N7O. The van der Waals surface area contributed by atoms with Crippen LogP contribution in [0.4, 0.5) is 5.69 Å². The molecule has 0 aliphatic rings. The molecule has 4 N–H and O–H groups in total. The number of hydrogen-bond donors (Lipinski definition) is 3. The van der Waals surface area contributed by atoms with Crippen LogP contribution in [0.15, 0.2) is 36.9 Å². The van der Waals surface area contributed by atoms with Crippen molar-refractivity contribution in [3.8, 4) is 11.1 Å². The number of fused-ring (bicyclic) bond motifs is 2. The molecule has 2 heterocycles. The normalized spacial score (nSPS) is 11.4. The van der Waals surface area contributed by atoms with E-state index in [1.54, 1.807) is 6.33 Å². The number of H-pyrrole nitrogens is 1. The zero-order valence-electron chi connectivity index (χ0n) is 16.9. The lowest BCUT2D eigenvalue weighted by molar-refractivity contribution is 0.100. The van der Waals surface area contributed by atoms with Gasteiger partial charge in [0.1, 0.15) is 0 Å². The summed E-state index contributed by atoms with van der Waals surface area (Å²) in [6, 6.07) is 8.20. The number of carbonyl (C=O) groups is 1. The summed E-state index contributed by atoms with van der Waals surface area (Å²) < 4.78 is 2.11. The van der Waals surface area contributed by atoms with Crippen LogP contribution < -0.4 is 16.0 Å². The summed E-state index contributed by atoms with van der Waals surface area (Å²) in [6.45, 7) is 4.48. The van der Waals surface area contributed by atoms with Gasteiger partial charge in [-0.1, -0.05) is 6.07 Å². The summed E-state index contributed by atoms with van der Waals surface area (Å²) in [6.07, 6.45) is 3.45. The molecule has 8 heteroatoms. The summed E-state index contributed by atoms with van der Waals surface area (Å²) in [5.41, 5.74) is 12.3. The highest BCUT2D eigenvalue weighted by molar-refractivity contribution is 6.13. The molecule has 0 radical (unpaired) electrons. The minimum absolute atomic E-state index is 0.455. The summed E-state index contributed by atoms with van der Waals surface area (Å²) >= 11 is 0. The van der Waals surface area contributed by atoms with Crippen molar-refractivity contribution < 1.29 is 4.79 Å². The van der Waals surface area contributed by atoms with Gasteiger partial charge in [-0.3, -0.25) is 4.79 Å². The molecule has 4 rings (SSSR count). The molecule has 0 unspecified atom stereocenters. The number of nitrogens with zero attached hydrogens (tertiary/aromatic N) is 4. The van der Waals surface area contributed by atoms with Crippen molar-refractivity contribution in [2.75, 3.05) is 32.1 Å². The first-order chi connectivity index (χ1) is 14.0. The van der Waals surface area contributed by atoms with Crippen LogP contribution >= 0.6 is 0 Å². The topological polar surface area (TPSA) is 105 Å². The number of nitrogens with two attached hydrogens (primary N) is 1. The highest BCUT2D eigenvalue weighted by Gasteiger charge is 2.21. The van der Waals surface area contributed by atoms with Gasteiger partial charge in [-0.15, -0.1) is 0 Å². The molecule has 150 valence electrons. The molecule has 0 saturated heterocycles. The summed E-state index contributed by atoms with van der Waals surface area (Å²) in [7, 11) is 3.86. The molecule has 0 fully saturated rings. The first-order valence-corrected chi connectivity index (χ1v) is 9.66. The summed E-state index contributed by atoms with van der Waals surface area (Å²) in [4.78, 5) is 26.4. The second-order valence-electron chi connectivity index (χ2n) is 7.07. The first-order valence-electron chi connectivity index (χ1n) is 9.66. The number of aromatic nitrogens is 4. The van der Waals surface area contributed by atoms with Gasteiger partial charge in [0.25, 0.3) is 5.91 Å². The van der Waals surface area contributed by atoms with E-state index in [2.05, 4.69) is 50.0 Å². The summed E-state index contributed by atoms with van der Waals surface area (Å²) in [5, 5.41) is 3.13. The number of amides is 1. The Balaban J connectivity index is 1.93. The SMILES string of the molecule is CCn1cnc2cc(-c3cc(N(C)CCNC)c(C(N)=O)c4[nH]cnc34)ccc21. The van der Waals surface area contributed by atoms with Gasteiger partial charge in [0.15, 0.2) is 0 Å². The molecule has 0 bridgehead atoms. The van der Waals surface area contributed by atoms with E-state index in [1.807, 2.05) is 31.4 Å². The van der Waals surface area contributed by atoms with Crippen LogP contribution in [0.5, 0.6) is 0 Å². The standard InChI is InChI=1S/C21H25N7O/c1-4-28-12-26-15-9-13(5-6-16(15)28)14-10-17(27(3)8-7-23-2)18(21(22)29)20-19(14)24-11-25-20/h5-6,9-12,23H,4,7-8H2,1-3H3,(H2,22,29)(H,24,25). The van der Waals surface area contributed by atoms with Crippen LogP contribution in [0.2, 0.25) is 0 Å². The first kappa shape index (κ1) is 18.9. The number of benzene rings is 2. The van der Waals surface area contributed by atoms with Gasteiger partial charge in [0.05, 0.1) is 46.0 Å². The minimum Gasteiger partial charge on any atom is -0.373 e. The van der Waals surface area contributed by atoms with Gasteiger partial charge >= 0.3 is 0 Å². The lowest BCUT2D eigenvalue weighted by Crippen LogP contribution is -2.29. The number of carbonyl (C=O) groups excluding carboxylic acids is 1. The lowest BCUT2D eigenvalue weighted by Gasteiger charge is -2.23. The Bertz CT molecular complexity index is 1190. The minimum atomic E-state index is -0.478. The number of anilines is 1. The monoisotopic (exact) mass is 391 g/mol. The Morgan fingerprint density at radius 3 is 2.86 bits per heavy atom. The Labute approximate surface area is 168 Å². The molecule has 29 heavy (non-hydrogen) atoms. The predicted octanol–water partition coefficient (Wildman–Crippen LogP) is 2.35. The Morgan fingerprint density at radius 2 is 2.14 bits per heavy atom. The Kier molecular flexibility index (Phi) is 4.94. The molecule has 2 aromatic carbocycles. The van der Waals surface area contributed by atoms with Crippen molar-refractivity contribution in [1.29, 1.82) is 0 Å². The van der Waals surface area contributed by atoms with Gasteiger partial charge in [-0.25, -0.2) is 9.97 Å². The molecule has 0 aliphatic heterocycles. The van der Waals surface area contributed by atoms with E-state index >= 15 is 0 Å². The highest BCUT2D eigenvalue weighted by Crippen LogP contribution is 2.36. The fourth-order valence-corrected chi connectivity index (χ4v) is 3.75. The number of likely N-dealkylation sites (N-methyl/N-ethyl adjacent to an activating group) is 2. The van der Waals surface area contributed by atoms with Gasteiger partial charge in [-0.2, -0.15) is 0 Å². The molecule has 8 nitrogen and oxygen atoms in total. The third kappa shape index (κ3) is 3.21. The number of aromatic amines is 1. The fraction of sp³-hybridized carbons (Fsp3) is 0.286. The van der Waals surface area contributed by atoms with Gasteiger partial charge in [0, 0.05) is 32.2 Å². The number of aryl methyl sites for hydroxylation is 1. The van der Waals surface area contributed by atoms with E-state index in [-0.39, 0.29) is 0 Å². The maximum atomic E-state index is 12.3. The predicted molar refractivity (Wildman–Crippen MR) is 116 cm³/mol. The molecule has 0 saturated carbocycles. The maximum absolute atomic E-state index is 12.3. The van der Waals surface area contributed by atoms with Crippen molar-refractivity contribution in [2.24, 2.45) is 5.73 Å². The second-order valence-corrected chi connectivity index (χ2v) is 7.07. The third-order valence-electron chi connectivity index (χ3n) is 5.31. The van der Waals surface area contributed by atoms with Gasteiger partial charge < -0.3 is 25.5 Å². The molecule has 0 aliphatic carbocycles. The van der Waals surface area contributed by atoms with Crippen molar-refractivity contribution in [2.45, 2.75) is 13.5 Å². The fourth-order valence-electron chi connectivity index (χ4n) is 3.75. The Morgan fingerprint density at radius 1 is 1.31 bits per heavy atom. The average molecular weight is 391 g/mol. The van der Waals surface area contributed by atoms with E-state index in [4.69, 9.17) is 5.73 Å². The van der Waals surface area contributed by atoms with Crippen molar-refractivity contribution >= 4 is 33.7 Å². The highest BCUT2D eigenvalue weighted by atomic mass is 16.1. The van der Waals surface area contributed by atoms with Crippen LogP contribution in [0, 0.1) is 0 Å². The quantitative estimate of drug-likeness (QED) is 0.449. The average Bonchev–Trinajstić information content (AvgIpc) is 3.36. The number of hydrogen-bond acceptors (Lipinski definition) is 5. The largest absolute Gasteiger partial charge is 0.373 e. The van der Waals surface area contributed by atoms with Gasteiger partial charge in [-0.05, 0) is 37.7 Å². The van der Waals surface area contributed by atoms with Crippen LogP contribution in [0.25, 0.3) is 33.2 Å². The zero-order chi connectivity index (χ0) is 20.5. The number of nitrogens with one attached hydrogen (secondary N) is 2. The van der Waals surface area contributed by atoms with E-state index < -0.39 is 5.91 Å². The van der Waals surface area contributed by atoms with E-state index in [1.165, 1.54) is 0 Å². The molecule has 0 atom stereocenters. The molecule has 4 aromatic rings. The van der Waals surface area contributed by atoms with Crippen LogP contribution in [0.3, 0.4) is 0 Å².